The average Bonchev–Trinajstić information content (AvgIpc) is 3.12. The Morgan fingerprint density at radius 2 is 2.26 bits per heavy atom. The standard InChI is InChI=1S/C19H15FN4O3/c1-26-14-5-4-11(9-13(14)20)18(25)23-16-10-12(6-8-21-16)19-24-17-15(27-19)3-2-7-22-17/h2-9,16H,10H2,1H3,(H,23,25). The molecule has 27 heavy (non-hydrogen) atoms. The van der Waals surface area contributed by atoms with Gasteiger partial charge < -0.3 is 14.5 Å². The van der Waals surface area contributed by atoms with Crippen molar-refractivity contribution < 1.29 is 18.3 Å². The Morgan fingerprint density at radius 1 is 1.37 bits per heavy atom. The van der Waals surface area contributed by atoms with E-state index in [0.29, 0.717) is 23.5 Å². The molecule has 1 unspecified atom stereocenters. The quantitative estimate of drug-likeness (QED) is 0.767. The van der Waals surface area contributed by atoms with Gasteiger partial charge in [-0.25, -0.2) is 9.37 Å². The molecule has 1 aliphatic heterocycles. The number of oxazole rings is 1. The van der Waals surface area contributed by atoms with E-state index in [1.807, 2.05) is 0 Å². The van der Waals surface area contributed by atoms with Crippen LogP contribution in [0.4, 0.5) is 4.39 Å². The molecular formula is C19H15FN4O3. The van der Waals surface area contributed by atoms with E-state index in [-0.39, 0.29) is 11.3 Å². The predicted molar refractivity (Wildman–Crippen MR) is 97.1 cm³/mol. The van der Waals surface area contributed by atoms with Crippen molar-refractivity contribution in [3.05, 3.63) is 59.9 Å². The third-order valence-corrected chi connectivity index (χ3v) is 4.11. The van der Waals surface area contributed by atoms with Crippen LogP contribution in [-0.2, 0) is 0 Å². The monoisotopic (exact) mass is 366 g/mol. The topological polar surface area (TPSA) is 89.6 Å². The second-order valence-corrected chi connectivity index (χ2v) is 5.88. The lowest BCUT2D eigenvalue weighted by molar-refractivity contribution is 0.0938. The summed E-state index contributed by atoms with van der Waals surface area (Å²) in [6.45, 7) is 0. The zero-order chi connectivity index (χ0) is 18.8. The number of hydrogen-bond acceptors (Lipinski definition) is 6. The number of carbonyl (C=O) groups is 1. The van der Waals surface area contributed by atoms with Gasteiger partial charge in [0.15, 0.2) is 22.8 Å². The van der Waals surface area contributed by atoms with Crippen LogP contribution in [0.5, 0.6) is 5.75 Å². The number of rotatable bonds is 4. The van der Waals surface area contributed by atoms with Crippen molar-refractivity contribution in [3.63, 3.8) is 0 Å². The van der Waals surface area contributed by atoms with Gasteiger partial charge in [0.1, 0.15) is 6.17 Å². The van der Waals surface area contributed by atoms with Crippen molar-refractivity contribution in [2.75, 3.05) is 7.11 Å². The highest BCUT2D eigenvalue weighted by atomic mass is 19.1. The zero-order valence-electron chi connectivity index (χ0n) is 14.3. The Morgan fingerprint density at radius 3 is 3.04 bits per heavy atom. The van der Waals surface area contributed by atoms with Crippen molar-refractivity contribution >= 4 is 28.9 Å². The Balaban J connectivity index is 1.48. The van der Waals surface area contributed by atoms with Crippen LogP contribution in [0.1, 0.15) is 22.7 Å². The minimum absolute atomic E-state index is 0.0806. The van der Waals surface area contributed by atoms with E-state index < -0.39 is 17.9 Å². The van der Waals surface area contributed by atoms with Crippen LogP contribution in [0.25, 0.3) is 16.8 Å². The summed E-state index contributed by atoms with van der Waals surface area (Å²) in [5.74, 6) is -0.516. The lowest BCUT2D eigenvalue weighted by Gasteiger charge is -2.18. The van der Waals surface area contributed by atoms with Crippen molar-refractivity contribution in [2.45, 2.75) is 12.6 Å². The first-order valence-corrected chi connectivity index (χ1v) is 8.23. The highest BCUT2D eigenvalue weighted by Gasteiger charge is 2.21. The van der Waals surface area contributed by atoms with Crippen LogP contribution in [0.3, 0.4) is 0 Å². The van der Waals surface area contributed by atoms with E-state index in [1.165, 1.54) is 19.2 Å². The van der Waals surface area contributed by atoms with Gasteiger partial charge in [0, 0.05) is 30.0 Å². The summed E-state index contributed by atoms with van der Waals surface area (Å²) >= 11 is 0. The van der Waals surface area contributed by atoms with E-state index in [9.17, 15) is 9.18 Å². The summed E-state index contributed by atoms with van der Waals surface area (Å²) in [6.07, 6.45) is 4.89. The number of amides is 1. The normalized spacial score (nSPS) is 16.2. The number of methoxy groups -OCH3 is 1. The van der Waals surface area contributed by atoms with Gasteiger partial charge in [0.05, 0.1) is 7.11 Å². The van der Waals surface area contributed by atoms with Gasteiger partial charge in [-0.2, -0.15) is 4.98 Å². The molecule has 1 atom stereocenters. The van der Waals surface area contributed by atoms with E-state index in [0.717, 1.165) is 11.6 Å². The number of ether oxygens (including phenoxy) is 1. The average molecular weight is 366 g/mol. The van der Waals surface area contributed by atoms with Gasteiger partial charge >= 0.3 is 0 Å². The Labute approximate surface area is 153 Å². The third kappa shape index (κ3) is 3.41. The number of benzene rings is 1. The smallest absolute Gasteiger partial charge is 0.253 e. The number of dihydropyridines is 1. The Bertz CT molecular complexity index is 1040. The zero-order valence-corrected chi connectivity index (χ0v) is 14.3. The lowest BCUT2D eigenvalue weighted by atomic mass is 10.1. The molecule has 3 aromatic rings. The fourth-order valence-electron chi connectivity index (χ4n) is 2.76. The molecule has 0 saturated heterocycles. The van der Waals surface area contributed by atoms with Crippen molar-refractivity contribution in [1.29, 1.82) is 0 Å². The van der Waals surface area contributed by atoms with E-state index in [1.54, 1.807) is 30.6 Å². The minimum atomic E-state index is -0.600. The van der Waals surface area contributed by atoms with E-state index in [4.69, 9.17) is 9.15 Å². The number of nitrogens with one attached hydrogen (secondary N) is 1. The number of halogens is 1. The maximum atomic E-state index is 13.8. The van der Waals surface area contributed by atoms with Crippen LogP contribution in [0.2, 0.25) is 0 Å². The van der Waals surface area contributed by atoms with Gasteiger partial charge in [-0.05, 0) is 36.4 Å². The number of fused-ring (bicyclic) bond motifs is 1. The highest BCUT2D eigenvalue weighted by Crippen LogP contribution is 2.25. The first kappa shape index (κ1) is 16.9. The molecule has 1 amide bonds. The summed E-state index contributed by atoms with van der Waals surface area (Å²) in [7, 11) is 1.37. The maximum Gasteiger partial charge on any atom is 0.253 e. The molecule has 0 radical (unpaired) electrons. The van der Waals surface area contributed by atoms with E-state index in [2.05, 4.69) is 20.3 Å². The highest BCUT2D eigenvalue weighted by molar-refractivity contribution is 5.95. The number of allylic oxidation sites excluding steroid dienone is 1. The fourth-order valence-corrected chi connectivity index (χ4v) is 2.76. The van der Waals surface area contributed by atoms with Crippen LogP contribution in [0.15, 0.2) is 52.0 Å². The van der Waals surface area contributed by atoms with Crippen LogP contribution in [0, 0.1) is 5.82 Å². The number of hydrogen-bond donors (Lipinski definition) is 1. The number of pyridine rings is 1. The molecule has 0 spiro atoms. The summed E-state index contributed by atoms with van der Waals surface area (Å²) < 4.78 is 24.4. The van der Waals surface area contributed by atoms with Gasteiger partial charge in [0.25, 0.3) is 5.91 Å². The molecule has 8 heteroatoms. The third-order valence-electron chi connectivity index (χ3n) is 4.11. The van der Waals surface area contributed by atoms with Gasteiger partial charge in [-0.1, -0.05) is 0 Å². The molecule has 7 nitrogen and oxygen atoms in total. The molecule has 0 fully saturated rings. The Kier molecular flexibility index (Phi) is 4.37. The molecule has 2 aromatic heterocycles. The van der Waals surface area contributed by atoms with Gasteiger partial charge in [-0.15, -0.1) is 0 Å². The number of nitrogens with zero attached hydrogens (tertiary/aromatic N) is 3. The fraction of sp³-hybridized carbons (Fsp3) is 0.158. The predicted octanol–water partition coefficient (Wildman–Crippen LogP) is 2.98. The van der Waals surface area contributed by atoms with Crippen molar-refractivity contribution in [2.24, 2.45) is 4.99 Å². The molecule has 3 heterocycles. The number of aliphatic imine (C=N–C) groups is 1. The van der Waals surface area contributed by atoms with Crippen LogP contribution < -0.4 is 10.1 Å². The molecule has 1 N–H and O–H groups in total. The largest absolute Gasteiger partial charge is 0.494 e. The van der Waals surface area contributed by atoms with Crippen LogP contribution >= 0.6 is 0 Å². The van der Waals surface area contributed by atoms with Crippen molar-refractivity contribution in [3.8, 4) is 5.75 Å². The molecule has 1 aromatic carbocycles. The van der Waals surface area contributed by atoms with Crippen LogP contribution in [-0.4, -0.2) is 35.4 Å². The minimum Gasteiger partial charge on any atom is -0.494 e. The molecule has 1 aliphatic rings. The van der Waals surface area contributed by atoms with Gasteiger partial charge in [0.2, 0.25) is 5.89 Å². The molecule has 0 bridgehead atoms. The maximum absolute atomic E-state index is 13.8. The van der Waals surface area contributed by atoms with E-state index >= 15 is 0 Å². The second kappa shape index (κ2) is 6.99. The number of aromatic nitrogens is 2. The molecule has 0 aliphatic carbocycles. The molecular weight excluding hydrogens is 351 g/mol. The van der Waals surface area contributed by atoms with Gasteiger partial charge in [-0.3, -0.25) is 9.79 Å². The van der Waals surface area contributed by atoms with Crippen molar-refractivity contribution in [1.82, 2.24) is 15.3 Å². The first-order valence-electron chi connectivity index (χ1n) is 8.23. The summed E-state index contributed by atoms with van der Waals surface area (Å²) in [5, 5.41) is 2.76. The first-order chi connectivity index (χ1) is 13.1. The molecule has 0 saturated carbocycles. The molecule has 136 valence electrons. The lowest BCUT2D eigenvalue weighted by Crippen LogP contribution is -2.34. The summed E-state index contributed by atoms with van der Waals surface area (Å²) in [4.78, 5) is 25.1. The number of carbonyl (C=O) groups excluding carboxylic acids is 1. The SMILES string of the molecule is COc1ccc(C(=O)NC2CC(c3nc4ncccc4o3)=CC=N2)cc1F. The summed E-state index contributed by atoms with van der Waals surface area (Å²) in [5.41, 5.74) is 2.08. The second-order valence-electron chi connectivity index (χ2n) is 5.88. The molecule has 4 rings (SSSR count). The Hall–Kier alpha value is -3.55. The summed E-state index contributed by atoms with van der Waals surface area (Å²) in [6, 6.07) is 7.58.